The molecule has 0 spiro atoms. The highest BCUT2D eigenvalue weighted by atomic mass is 32.2. The van der Waals surface area contributed by atoms with E-state index < -0.39 is 15.6 Å². The number of sulfonamides is 1. The smallest absolute Gasteiger partial charge is 0.336 e. The number of hydrogen-bond donors (Lipinski definition) is 0. The van der Waals surface area contributed by atoms with E-state index in [2.05, 4.69) is 4.90 Å². The minimum absolute atomic E-state index is 0.0139. The van der Waals surface area contributed by atoms with E-state index in [0.29, 0.717) is 44.1 Å². The standard InChI is InChI=1S/C22H24N2O5S/c1-28-19-7-8-20-18(13-22(25)29-21(20)14-19)15-23-9-11-24(12-10-23)30(26,27)16-17-5-3-2-4-6-17/h2-8,13-14H,9-12,15-16H2,1H3. The molecule has 0 aliphatic carbocycles. The second-order valence-corrected chi connectivity index (χ2v) is 9.34. The van der Waals surface area contributed by atoms with Gasteiger partial charge in [0.15, 0.2) is 0 Å². The van der Waals surface area contributed by atoms with Gasteiger partial charge in [-0.15, -0.1) is 0 Å². The van der Waals surface area contributed by atoms with Crippen LogP contribution in [0.25, 0.3) is 11.0 Å². The molecule has 0 bridgehead atoms. The predicted molar refractivity (Wildman–Crippen MR) is 115 cm³/mol. The third kappa shape index (κ3) is 4.56. The zero-order valence-corrected chi connectivity index (χ0v) is 17.6. The SMILES string of the molecule is COc1ccc2c(CN3CCN(S(=O)(=O)Cc4ccccc4)CC3)cc(=O)oc2c1. The number of fused-ring (bicyclic) bond motifs is 1. The van der Waals surface area contributed by atoms with Crippen molar-refractivity contribution in [2.24, 2.45) is 0 Å². The van der Waals surface area contributed by atoms with Crippen molar-refractivity contribution in [1.82, 2.24) is 9.21 Å². The van der Waals surface area contributed by atoms with Gasteiger partial charge >= 0.3 is 5.63 Å². The van der Waals surface area contributed by atoms with Gasteiger partial charge in [-0.25, -0.2) is 13.2 Å². The minimum atomic E-state index is -3.35. The van der Waals surface area contributed by atoms with Crippen LogP contribution in [0.5, 0.6) is 5.75 Å². The Kier molecular flexibility index (Phi) is 5.90. The van der Waals surface area contributed by atoms with E-state index >= 15 is 0 Å². The summed E-state index contributed by atoms with van der Waals surface area (Å²) in [6.07, 6.45) is 0. The predicted octanol–water partition coefficient (Wildman–Crippen LogP) is 2.45. The van der Waals surface area contributed by atoms with E-state index in [9.17, 15) is 13.2 Å². The zero-order valence-electron chi connectivity index (χ0n) is 16.8. The molecule has 1 saturated heterocycles. The van der Waals surface area contributed by atoms with Crippen LogP contribution in [-0.2, 0) is 22.3 Å². The van der Waals surface area contributed by atoms with Crippen LogP contribution in [0.3, 0.4) is 0 Å². The Balaban J connectivity index is 1.44. The summed E-state index contributed by atoms with van der Waals surface area (Å²) in [5.41, 5.74) is 1.73. The van der Waals surface area contributed by atoms with Crippen molar-refractivity contribution in [2.45, 2.75) is 12.3 Å². The van der Waals surface area contributed by atoms with Gasteiger partial charge in [0.1, 0.15) is 11.3 Å². The topological polar surface area (TPSA) is 80.1 Å². The van der Waals surface area contributed by atoms with Gasteiger partial charge in [0.2, 0.25) is 10.0 Å². The average molecular weight is 429 g/mol. The third-order valence-corrected chi connectivity index (χ3v) is 7.20. The first-order valence-electron chi connectivity index (χ1n) is 9.79. The first kappa shape index (κ1) is 20.6. The summed E-state index contributed by atoms with van der Waals surface area (Å²) in [4.78, 5) is 14.1. The van der Waals surface area contributed by atoms with Gasteiger partial charge in [-0.3, -0.25) is 4.90 Å². The van der Waals surface area contributed by atoms with Crippen LogP contribution in [0.4, 0.5) is 0 Å². The lowest BCUT2D eigenvalue weighted by Crippen LogP contribution is -2.48. The van der Waals surface area contributed by atoms with Gasteiger partial charge in [0.05, 0.1) is 12.9 Å². The molecule has 4 rings (SSSR count). The van der Waals surface area contributed by atoms with Crippen molar-refractivity contribution < 1.29 is 17.6 Å². The molecule has 2 heterocycles. The van der Waals surface area contributed by atoms with E-state index in [1.165, 1.54) is 6.07 Å². The lowest BCUT2D eigenvalue weighted by Gasteiger charge is -2.34. The molecule has 1 aliphatic rings. The second-order valence-electron chi connectivity index (χ2n) is 7.37. The quantitative estimate of drug-likeness (QED) is 0.561. The van der Waals surface area contributed by atoms with Gasteiger partial charge in [-0.05, 0) is 23.3 Å². The van der Waals surface area contributed by atoms with Crippen LogP contribution in [0.1, 0.15) is 11.1 Å². The number of nitrogens with zero attached hydrogens (tertiary/aromatic N) is 2. The summed E-state index contributed by atoms with van der Waals surface area (Å²) in [6.45, 7) is 2.63. The van der Waals surface area contributed by atoms with E-state index in [-0.39, 0.29) is 5.75 Å². The molecule has 0 unspecified atom stereocenters. The Labute approximate surface area is 175 Å². The summed E-state index contributed by atoms with van der Waals surface area (Å²) >= 11 is 0. The van der Waals surface area contributed by atoms with Crippen LogP contribution >= 0.6 is 0 Å². The number of ether oxygens (including phenoxy) is 1. The molecule has 1 aliphatic heterocycles. The Hall–Kier alpha value is -2.68. The summed E-state index contributed by atoms with van der Waals surface area (Å²) in [6, 6.07) is 16.1. The molecule has 0 N–H and O–H groups in total. The Bertz CT molecular complexity index is 1180. The molecule has 0 radical (unpaired) electrons. The maximum Gasteiger partial charge on any atom is 0.336 e. The fourth-order valence-electron chi connectivity index (χ4n) is 3.75. The van der Waals surface area contributed by atoms with Gasteiger partial charge < -0.3 is 9.15 Å². The molecule has 158 valence electrons. The number of methoxy groups -OCH3 is 1. The van der Waals surface area contributed by atoms with E-state index in [4.69, 9.17) is 9.15 Å². The number of piperazine rings is 1. The second kappa shape index (κ2) is 8.59. The van der Waals surface area contributed by atoms with E-state index in [0.717, 1.165) is 16.5 Å². The largest absolute Gasteiger partial charge is 0.497 e. The normalized spacial score (nSPS) is 16.0. The Morgan fingerprint density at radius 3 is 2.43 bits per heavy atom. The first-order valence-corrected chi connectivity index (χ1v) is 11.4. The third-order valence-electron chi connectivity index (χ3n) is 5.35. The number of benzene rings is 2. The summed E-state index contributed by atoms with van der Waals surface area (Å²) in [5.74, 6) is 0.639. The molecule has 3 aromatic rings. The van der Waals surface area contributed by atoms with Gasteiger partial charge in [-0.2, -0.15) is 4.31 Å². The first-order chi connectivity index (χ1) is 14.4. The number of rotatable bonds is 6. The van der Waals surface area contributed by atoms with Crippen molar-refractivity contribution in [3.8, 4) is 5.75 Å². The monoisotopic (exact) mass is 428 g/mol. The lowest BCUT2D eigenvalue weighted by molar-refractivity contribution is 0.182. The van der Waals surface area contributed by atoms with Gasteiger partial charge in [0, 0.05) is 50.2 Å². The zero-order chi connectivity index (χ0) is 21.1. The average Bonchev–Trinajstić information content (AvgIpc) is 2.74. The van der Waals surface area contributed by atoms with Crippen LogP contribution < -0.4 is 10.4 Å². The molecule has 8 heteroatoms. The molecule has 7 nitrogen and oxygen atoms in total. The van der Waals surface area contributed by atoms with Crippen LogP contribution in [-0.4, -0.2) is 50.9 Å². The van der Waals surface area contributed by atoms with Gasteiger partial charge in [-0.1, -0.05) is 30.3 Å². The fourth-order valence-corrected chi connectivity index (χ4v) is 5.27. The Morgan fingerprint density at radius 1 is 1.00 bits per heavy atom. The highest BCUT2D eigenvalue weighted by Crippen LogP contribution is 2.24. The highest BCUT2D eigenvalue weighted by molar-refractivity contribution is 7.88. The maximum atomic E-state index is 12.7. The van der Waals surface area contributed by atoms with Crippen molar-refractivity contribution in [3.05, 3.63) is 76.1 Å². The van der Waals surface area contributed by atoms with E-state index in [1.54, 1.807) is 17.5 Å². The van der Waals surface area contributed by atoms with E-state index in [1.807, 2.05) is 42.5 Å². The summed E-state index contributed by atoms with van der Waals surface area (Å²) in [7, 11) is -1.79. The molecular weight excluding hydrogens is 404 g/mol. The van der Waals surface area contributed by atoms with Crippen LogP contribution in [0.2, 0.25) is 0 Å². The summed E-state index contributed by atoms with van der Waals surface area (Å²) in [5, 5.41) is 0.856. The van der Waals surface area contributed by atoms with Crippen molar-refractivity contribution >= 4 is 21.0 Å². The highest BCUT2D eigenvalue weighted by Gasteiger charge is 2.27. The van der Waals surface area contributed by atoms with Crippen LogP contribution in [0.15, 0.2) is 63.8 Å². The van der Waals surface area contributed by atoms with Crippen LogP contribution in [0, 0.1) is 0 Å². The molecule has 30 heavy (non-hydrogen) atoms. The molecule has 0 saturated carbocycles. The van der Waals surface area contributed by atoms with Crippen molar-refractivity contribution in [2.75, 3.05) is 33.3 Å². The molecule has 1 fully saturated rings. The molecule has 0 amide bonds. The molecule has 0 atom stereocenters. The molecule has 2 aromatic carbocycles. The Morgan fingerprint density at radius 2 is 1.73 bits per heavy atom. The minimum Gasteiger partial charge on any atom is -0.497 e. The van der Waals surface area contributed by atoms with Crippen molar-refractivity contribution in [1.29, 1.82) is 0 Å². The lowest BCUT2D eigenvalue weighted by atomic mass is 10.1. The number of hydrogen-bond acceptors (Lipinski definition) is 6. The fraction of sp³-hybridized carbons (Fsp3) is 0.318. The summed E-state index contributed by atoms with van der Waals surface area (Å²) < 4.78 is 37.6. The molecule has 1 aromatic heterocycles. The van der Waals surface area contributed by atoms with Gasteiger partial charge in [0.25, 0.3) is 0 Å². The maximum absolute atomic E-state index is 12.7. The molecular formula is C22H24N2O5S. The van der Waals surface area contributed by atoms with Crippen molar-refractivity contribution in [3.63, 3.8) is 0 Å².